The Kier molecular flexibility index (Phi) is 5.89. The first kappa shape index (κ1) is 18.4. The first-order valence-corrected chi connectivity index (χ1v) is 9.46. The molecular formula is C17H16BrN5O2S. The zero-order chi connectivity index (χ0) is 18.5. The smallest absolute Gasteiger partial charge is 0.234 e. The van der Waals surface area contributed by atoms with Gasteiger partial charge in [0.15, 0.2) is 0 Å². The van der Waals surface area contributed by atoms with E-state index in [2.05, 4.69) is 36.8 Å². The van der Waals surface area contributed by atoms with Crippen molar-refractivity contribution in [2.45, 2.75) is 12.1 Å². The number of hydrogen-bond acceptors (Lipinski definition) is 6. The molecule has 26 heavy (non-hydrogen) atoms. The SMILES string of the molecule is COc1ccc(C)cc1NC(=O)CSc1nnnn1-c1ccc(Br)cc1. The Hall–Kier alpha value is -2.39. The maximum absolute atomic E-state index is 12.3. The van der Waals surface area contributed by atoms with Crippen LogP contribution in [0.3, 0.4) is 0 Å². The summed E-state index contributed by atoms with van der Waals surface area (Å²) in [4.78, 5) is 12.3. The van der Waals surface area contributed by atoms with Crippen LogP contribution in [0, 0.1) is 6.92 Å². The van der Waals surface area contributed by atoms with Crippen molar-refractivity contribution < 1.29 is 9.53 Å². The van der Waals surface area contributed by atoms with Gasteiger partial charge in [0.1, 0.15) is 5.75 Å². The number of nitrogens with zero attached hydrogens (tertiary/aromatic N) is 4. The zero-order valence-electron chi connectivity index (χ0n) is 14.1. The molecule has 0 saturated carbocycles. The number of thioether (sulfide) groups is 1. The summed E-state index contributed by atoms with van der Waals surface area (Å²) in [6.45, 7) is 1.95. The van der Waals surface area contributed by atoms with Gasteiger partial charge in [0.05, 0.1) is 24.2 Å². The number of amides is 1. The first-order chi connectivity index (χ1) is 12.6. The van der Waals surface area contributed by atoms with Crippen LogP contribution >= 0.6 is 27.7 Å². The Morgan fingerprint density at radius 3 is 2.77 bits per heavy atom. The number of rotatable bonds is 6. The van der Waals surface area contributed by atoms with Crippen molar-refractivity contribution in [3.63, 3.8) is 0 Å². The van der Waals surface area contributed by atoms with E-state index in [4.69, 9.17) is 4.74 Å². The number of methoxy groups -OCH3 is 1. The van der Waals surface area contributed by atoms with E-state index >= 15 is 0 Å². The molecule has 2 aromatic carbocycles. The predicted molar refractivity (Wildman–Crippen MR) is 104 cm³/mol. The summed E-state index contributed by atoms with van der Waals surface area (Å²) in [5, 5.41) is 15.1. The van der Waals surface area contributed by atoms with Crippen LogP contribution in [0.2, 0.25) is 0 Å². The fourth-order valence-corrected chi connectivity index (χ4v) is 3.20. The number of hydrogen-bond donors (Lipinski definition) is 1. The third-order valence-electron chi connectivity index (χ3n) is 3.47. The average Bonchev–Trinajstić information content (AvgIpc) is 3.09. The number of benzene rings is 2. The molecule has 1 amide bonds. The van der Waals surface area contributed by atoms with Crippen LogP contribution < -0.4 is 10.1 Å². The molecule has 3 rings (SSSR count). The van der Waals surface area contributed by atoms with Gasteiger partial charge < -0.3 is 10.1 Å². The molecule has 7 nitrogen and oxygen atoms in total. The molecule has 3 aromatic rings. The summed E-state index contributed by atoms with van der Waals surface area (Å²) in [5.41, 5.74) is 2.50. The minimum Gasteiger partial charge on any atom is -0.495 e. The van der Waals surface area contributed by atoms with Crippen LogP contribution in [-0.2, 0) is 4.79 Å². The van der Waals surface area contributed by atoms with Crippen LogP contribution in [0.5, 0.6) is 5.75 Å². The van der Waals surface area contributed by atoms with Gasteiger partial charge in [0, 0.05) is 4.47 Å². The maximum atomic E-state index is 12.3. The molecule has 1 N–H and O–H groups in total. The quantitative estimate of drug-likeness (QED) is 0.599. The predicted octanol–water partition coefficient (Wildman–Crippen LogP) is 3.47. The second kappa shape index (κ2) is 8.33. The van der Waals surface area contributed by atoms with E-state index in [1.54, 1.807) is 11.8 Å². The van der Waals surface area contributed by atoms with Gasteiger partial charge >= 0.3 is 0 Å². The minimum absolute atomic E-state index is 0.163. The van der Waals surface area contributed by atoms with E-state index < -0.39 is 0 Å². The number of carbonyl (C=O) groups is 1. The second-order valence-electron chi connectivity index (χ2n) is 5.39. The molecule has 134 valence electrons. The van der Waals surface area contributed by atoms with Gasteiger partial charge in [-0.1, -0.05) is 33.8 Å². The monoisotopic (exact) mass is 433 g/mol. The van der Waals surface area contributed by atoms with Crippen molar-refractivity contribution in [2.24, 2.45) is 0 Å². The second-order valence-corrected chi connectivity index (χ2v) is 7.25. The highest BCUT2D eigenvalue weighted by Gasteiger charge is 2.13. The van der Waals surface area contributed by atoms with Gasteiger partial charge in [0.25, 0.3) is 0 Å². The van der Waals surface area contributed by atoms with Gasteiger partial charge in [-0.05, 0) is 59.3 Å². The molecule has 0 radical (unpaired) electrons. The normalized spacial score (nSPS) is 10.6. The fraction of sp³-hybridized carbons (Fsp3) is 0.176. The lowest BCUT2D eigenvalue weighted by Crippen LogP contribution is -2.15. The van der Waals surface area contributed by atoms with Gasteiger partial charge in [0.2, 0.25) is 11.1 Å². The molecule has 0 bridgehead atoms. The number of halogens is 1. The number of aryl methyl sites for hydroxylation is 1. The number of ether oxygens (including phenoxy) is 1. The Morgan fingerprint density at radius 2 is 2.04 bits per heavy atom. The number of nitrogens with one attached hydrogen (secondary N) is 1. The molecule has 0 fully saturated rings. The molecule has 9 heteroatoms. The zero-order valence-corrected chi connectivity index (χ0v) is 16.5. The van der Waals surface area contributed by atoms with E-state index in [9.17, 15) is 4.79 Å². The summed E-state index contributed by atoms with van der Waals surface area (Å²) in [5.74, 6) is 0.631. The third-order valence-corrected chi connectivity index (χ3v) is 4.92. The van der Waals surface area contributed by atoms with Crippen LogP contribution in [0.1, 0.15) is 5.56 Å². The van der Waals surface area contributed by atoms with E-state index in [0.717, 1.165) is 15.7 Å². The van der Waals surface area contributed by atoms with Crippen LogP contribution in [-0.4, -0.2) is 39.0 Å². The lowest BCUT2D eigenvalue weighted by Gasteiger charge is -2.11. The molecule has 0 spiro atoms. The highest BCUT2D eigenvalue weighted by atomic mass is 79.9. The Morgan fingerprint density at radius 1 is 1.27 bits per heavy atom. The number of tetrazole rings is 1. The fourth-order valence-electron chi connectivity index (χ4n) is 2.25. The highest BCUT2D eigenvalue weighted by molar-refractivity contribution is 9.10. The van der Waals surface area contributed by atoms with E-state index in [0.29, 0.717) is 16.6 Å². The van der Waals surface area contributed by atoms with Gasteiger partial charge in [-0.15, -0.1) is 5.10 Å². The Balaban J connectivity index is 1.67. The maximum Gasteiger partial charge on any atom is 0.234 e. The summed E-state index contributed by atoms with van der Waals surface area (Å²) >= 11 is 4.66. The highest BCUT2D eigenvalue weighted by Crippen LogP contribution is 2.26. The molecular weight excluding hydrogens is 418 g/mol. The van der Waals surface area contributed by atoms with Crippen LogP contribution in [0.25, 0.3) is 5.69 Å². The van der Waals surface area contributed by atoms with E-state index in [1.165, 1.54) is 11.8 Å². The Labute approximate surface area is 163 Å². The van der Waals surface area contributed by atoms with Crippen LogP contribution in [0.4, 0.5) is 5.69 Å². The van der Waals surface area contributed by atoms with Crippen molar-refractivity contribution in [3.8, 4) is 11.4 Å². The largest absolute Gasteiger partial charge is 0.495 e. The minimum atomic E-state index is -0.163. The average molecular weight is 434 g/mol. The number of aromatic nitrogens is 4. The topological polar surface area (TPSA) is 81.9 Å². The van der Waals surface area contributed by atoms with Crippen molar-refractivity contribution >= 4 is 39.3 Å². The summed E-state index contributed by atoms with van der Waals surface area (Å²) in [6.07, 6.45) is 0. The molecule has 1 heterocycles. The molecule has 0 aliphatic carbocycles. The number of anilines is 1. The molecule has 0 aliphatic heterocycles. The number of carbonyl (C=O) groups excluding carboxylic acids is 1. The molecule has 0 aliphatic rings. The lowest BCUT2D eigenvalue weighted by molar-refractivity contribution is -0.113. The van der Waals surface area contributed by atoms with Crippen molar-refractivity contribution in [2.75, 3.05) is 18.2 Å². The lowest BCUT2D eigenvalue weighted by atomic mass is 10.2. The van der Waals surface area contributed by atoms with Gasteiger partial charge in [-0.3, -0.25) is 4.79 Å². The van der Waals surface area contributed by atoms with Crippen molar-refractivity contribution in [3.05, 3.63) is 52.5 Å². The molecule has 0 saturated heterocycles. The Bertz CT molecular complexity index is 914. The summed E-state index contributed by atoms with van der Waals surface area (Å²) in [6, 6.07) is 13.2. The summed E-state index contributed by atoms with van der Waals surface area (Å²) < 4.78 is 7.84. The van der Waals surface area contributed by atoms with Gasteiger partial charge in [-0.25, -0.2) is 0 Å². The van der Waals surface area contributed by atoms with E-state index in [1.807, 2.05) is 49.4 Å². The van der Waals surface area contributed by atoms with Crippen molar-refractivity contribution in [1.29, 1.82) is 0 Å². The van der Waals surface area contributed by atoms with Gasteiger partial charge in [-0.2, -0.15) is 4.68 Å². The summed E-state index contributed by atoms with van der Waals surface area (Å²) in [7, 11) is 1.57. The van der Waals surface area contributed by atoms with Crippen molar-refractivity contribution in [1.82, 2.24) is 20.2 Å². The molecule has 0 unspecified atom stereocenters. The molecule has 0 atom stereocenters. The van der Waals surface area contributed by atoms with E-state index in [-0.39, 0.29) is 11.7 Å². The standard InChI is InChI=1S/C17H16BrN5O2S/c1-11-3-8-15(25-2)14(9-11)19-16(24)10-26-17-20-21-22-23(17)13-6-4-12(18)5-7-13/h3-9H,10H2,1-2H3,(H,19,24). The van der Waals surface area contributed by atoms with Crippen LogP contribution in [0.15, 0.2) is 52.1 Å². The first-order valence-electron chi connectivity index (χ1n) is 7.68. The molecule has 1 aromatic heterocycles. The third kappa shape index (κ3) is 4.41.